The molecule has 2 aliphatic rings. The molecule has 0 N–H and O–H groups in total. The maximum absolute atomic E-state index is 12.9. The van der Waals surface area contributed by atoms with Gasteiger partial charge in [-0.3, -0.25) is 9.78 Å². The number of likely N-dealkylation sites (N-methyl/N-ethyl adjacent to an activating group) is 2. The van der Waals surface area contributed by atoms with Gasteiger partial charge in [0.15, 0.2) is 0 Å². The summed E-state index contributed by atoms with van der Waals surface area (Å²) < 4.78 is 0. The highest BCUT2D eigenvalue weighted by Gasteiger charge is 2.27. The van der Waals surface area contributed by atoms with Crippen LogP contribution in [0.1, 0.15) is 25.5 Å². The third-order valence-electron chi connectivity index (χ3n) is 6.74. The molecule has 2 saturated heterocycles. The molecule has 0 radical (unpaired) electrons. The Kier molecular flexibility index (Phi) is 7.52. The normalized spacial score (nSPS) is 18.1. The van der Waals surface area contributed by atoms with Gasteiger partial charge in [-0.2, -0.15) is 0 Å². The van der Waals surface area contributed by atoms with E-state index >= 15 is 0 Å². The number of anilines is 2. The van der Waals surface area contributed by atoms with Crippen molar-refractivity contribution in [3.8, 4) is 0 Å². The lowest BCUT2D eigenvalue weighted by Gasteiger charge is -2.35. The summed E-state index contributed by atoms with van der Waals surface area (Å²) in [7, 11) is 1.91. The first-order valence-corrected chi connectivity index (χ1v) is 11.8. The third kappa shape index (κ3) is 5.54. The number of piperidine rings is 1. The van der Waals surface area contributed by atoms with Gasteiger partial charge in [0.05, 0.1) is 18.1 Å². The van der Waals surface area contributed by atoms with Crippen LogP contribution < -0.4 is 9.80 Å². The van der Waals surface area contributed by atoms with Crippen LogP contribution >= 0.6 is 0 Å². The SMILES string of the molecule is CCN1CCN(c2ncc(N3CCC(C(=O)N(C)CCc4ccccn4)CC3)cn2)CC1. The molecule has 2 aromatic rings. The highest BCUT2D eigenvalue weighted by Crippen LogP contribution is 2.24. The van der Waals surface area contributed by atoms with Crippen LogP contribution in [0.2, 0.25) is 0 Å². The summed E-state index contributed by atoms with van der Waals surface area (Å²) in [5, 5.41) is 0. The van der Waals surface area contributed by atoms with Gasteiger partial charge in [0.2, 0.25) is 11.9 Å². The lowest BCUT2D eigenvalue weighted by Crippen LogP contribution is -2.46. The van der Waals surface area contributed by atoms with Crippen LogP contribution in [0.25, 0.3) is 0 Å². The van der Waals surface area contributed by atoms with Crippen LogP contribution in [0.4, 0.5) is 11.6 Å². The number of carbonyl (C=O) groups excluding carboxylic acids is 1. The Hall–Kier alpha value is -2.74. The number of hydrogen-bond acceptors (Lipinski definition) is 7. The molecule has 2 fully saturated rings. The number of hydrogen-bond donors (Lipinski definition) is 0. The fourth-order valence-electron chi connectivity index (χ4n) is 4.54. The van der Waals surface area contributed by atoms with E-state index in [1.807, 2.05) is 42.5 Å². The van der Waals surface area contributed by atoms with Gasteiger partial charge in [-0.1, -0.05) is 13.0 Å². The van der Waals surface area contributed by atoms with Gasteiger partial charge >= 0.3 is 0 Å². The zero-order valence-corrected chi connectivity index (χ0v) is 19.4. The van der Waals surface area contributed by atoms with Crippen LogP contribution in [0.3, 0.4) is 0 Å². The van der Waals surface area contributed by atoms with E-state index in [1.54, 1.807) is 6.20 Å². The molecule has 2 aromatic heterocycles. The summed E-state index contributed by atoms with van der Waals surface area (Å²) in [4.78, 5) is 35.4. The van der Waals surface area contributed by atoms with Gasteiger partial charge in [0.1, 0.15) is 0 Å². The molecule has 4 heterocycles. The molecule has 0 spiro atoms. The quantitative estimate of drug-likeness (QED) is 0.656. The minimum atomic E-state index is 0.0926. The number of carbonyl (C=O) groups is 1. The highest BCUT2D eigenvalue weighted by molar-refractivity contribution is 5.79. The molecular formula is C24H35N7O. The number of aromatic nitrogens is 3. The first kappa shape index (κ1) is 22.5. The van der Waals surface area contributed by atoms with Gasteiger partial charge in [0.25, 0.3) is 0 Å². The van der Waals surface area contributed by atoms with Crippen LogP contribution in [-0.2, 0) is 11.2 Å². The molecule has 2 aliphatic heterocycles. The average Bonchev–Trinajstić information content (AvgIpc) is 2.88. The second kappa shape index (κ2) is 10.7. The van der Waals surface area contributed by atoms with E-state index in [9.17, 15) is 4.79 Å². The fourth-order valence-corrected chi connectivity index (χ4v) is 4.54. The van der Waals surface area contributed by atoms with E-state index in [1.165, 1.54) is 0 Å². The molecule has 8 heteroatoms. The van der Waals surface area contributed by atoms with Crippen molar-refractivity contribution in [1.29, 1.82) is 0 Å². The molecule has 0 aromatic carbocycles. The van der Waals surface area contributed by atoms with E-state index in [4.69, 9.17) is 0 Å². The molecule has 0 atom stereocenters. The lowest BCUT2D eigenvalue weighted by molar-refractivity contribution is -0.134. The predicted octanol–water partition coefficient (Wildman–Crippen LogP) is 1.93. The average molecular weight is 438 g/mol. The molecule has 32 heavy (non-hydrogen) atoms. The zero-order chi connectivity index (χ0) is 22.3. The Morgan fingerprint density at radius 2 is 1.72 bits per heavy atom. The van der Waals surface area contributed by atoms with Gasteiger partial charge in [-0.15, -0.1) is 0 Å². The Balaban J connectivity index is 1.24. The van der Waals surface area contributed by atoms with E-state index in [2.05, 4.69) is 36.6 Å². The van der Waals surface area contributed by atoms with Gasteiger partial charge in [-0.25, -0.2) is 9.97 Å². The summed E-state index contributed by atoms with van der Waals surface area (Å²) in [5.41, 5.74) is 2.08. The van der Waals surface area contributed by atoms with Crippen molar-refractivity contribution >= 4 is 17.5 Å². The van der Waals surface area contributed by atoms with Crippen molar-refractivity contribution in [3.05, 3.63) is 42.5 Å². The van der Waals surface area contributed by atoms with Gasteiger partial charge < -0.3 is 19.6 Å². The topological polar surface area (TPSA) is 68.7 Å². The Labute approximate surface area is 191 Å². The molecule has 0 bridgehead atoms. The number of rotatable bonds is 7. The van der Waals surface area contributed by atoms with Crippen LogP contribution in [0.5, 0.6) is 0 Å². The van der Waals surface area contributed by atoms with Crippen molar-refractivity contribution < 1.29 is 4.79 Å². The lowest BCUT2D eigenvalue weighted by atomic mass is 9.95. The van der Waals surface area contributed by atoms with Crippen molar-refractivity contribution in [1.82, 2.24) is 24.8 Å². The van der Waals surface area contributed by atoms with Crippen LogP contribution in [-0.4, -0.2) is 90.1 Å². The maximum Gasteiger partial charge on any atom is 0.225 e. The number of pyridine rings is 1. The van der Waals surface area contributed by atoms with Crippen molar-refractivity contribution in [3.63, 3.8) is 0 Å². The number of amides is 1. The molecule has 172 valence electrons. The first-order chi connectivity index (χ1) is 15.6. The van der Waals surface area contributed by atoms with Crippen LogP contribution in [0, 0.1) is 5.92 Å². The van der Waals surface area contributed by atoms with E-state index in [-0.39, 0.29) is 11.8 Å². The molecule has 0 saturated carbocycles. The minimum Gasteiger partial charge on any atom is -0.369 e. The number of nitrogens with zero attached hydrogens (tertiary/aromatic N) is 7. The molecular weight excluding hydrogens is 402 g/mol. The third-order valence-corrected chi connectivity index (χ3v) is 6.74. The summed E-state index contributed by atoms with van der Waals surface area (Å²) in [6.45, 7) is 9.84. The largest absolute Gasteiger partial charge is 0.369 e. The molecule has 0 unspecified atom stereocenters. The van der Waals surface area contributed by atoms with E-state index < -0.39 is 0 Å². The first-order valence-electron chi connectivity index (χ1n) is 11.8. The zero-order valence-electron chi connectivity index (χ0n) is 19.4. The molecule has 8 nitrogen and oxygen atoms in total. The second-order valence-corrected chi connectivity index (χ2v) is 8.75. The molecule has 4 rings (SSSR count). The van der Waals surface area contributed by atoms with Crippen molar-refractivity contribution in [2.24, 2.45) is 5.92 Å². The highest BCUT2D eigenvalue weighted by atomic mass is 16.2. The Morgan fingerprint density at radius 1 is 1.00 bits per heavy atom. The summed E-state index contributed by atoms with van der Waals surface area (Å²) in [6.07, 6.45) is 8.21. The summed E-state index contributed by atoms with van der Waals surface area (Å²) >= 11 is 0. The van der Waals surface area contributed by atoms with Crippen molar-refractivity contribution in [2.45, 2.75) is 26.2 Å². The van der Waals surface area contributed by atoms with Crippen LogP contribution in [0.15, 0.2) is 36.8 Å². The van der Waals surface area contributed by atoms with Crippen molar-refractivity contribution in [2.75, 3.05) is 69.2 Å². The Morgan fingerprint density at radius 3 is 2.34 bits per heavy atom. The Bertz CT molecular complexity index is 844. The minimum absolute atomic E-state index is 0.0926. The van der Waals surface area contributed by atoms with Gasteiger partial charge in [0, 0.05) is 77.1 Å². The summed E-state index contributed by atoms with van der Waals surface area (Å²) in [6, 6.07) is 5.91. The van der Waals surface area contributed by atoms with Gasteiger partial charge in [-0.05, 0) is 31.5 Å². The monoisotopic (exact) mass is 437 g/mol. The second-order valence-electron chi connectivity index (χ2n) is 8.75. The van der Waals surface area contributed by atoms with E-state index in [0.29, 0.717) is 6.54 Å². The van der Waals surface area contributed by atoms with E-state index in [0.717, 1.165) is 82.4 Å². The molecule has 0 aliphatic carbocycles. The predicted molar refractivity (Wildman–Crippen MR) is 127 cm³/mol. The smallest absolute Gasteiger partial charge is 0.225 e. The summed E-state index contributed by atoms with van der Waals surface area (Å²) in [5.74, 6) is 1.16. The molecule has 1 amide bonds. The standard InChI is InChI=1S/C24H35N7O/c1-3-29-14-16-31(17-15-29)24-26-18-22(19-27-24)30-12-7-20(8-13-30)23(32)28(2)11-9-21-6-4-5-10-25-21/h4-6,10,18-20H,3,7-9,11-17H2,1-2H3. The number of piperazine rings is 1. The fraction of sp³-hybridized carbons (Fsp3) is 0.583. The maximum atomic E-state index is 12.9.